The molecule has 0 aliphatic carbocycles. The minimum atomic E-state index is -0.329. The van der Waals surface area contributed by atoms with Gasteiger partial charge in [0.05, 0.1) is 6.61 Å². The number of oxazole rings is 1. The normalized spacial score (nSPS) is 15.8. The number of nitrogens with zero attached hydrogens (tertiary/aromatic N) is 1. The first-order valence-corrected chi connectivity index (χ1v) is 9.60. The quantitative estimate of drug-likeness (QED) is 0.609. The first kappa shape index (κ1) is 19.0. The summed E-state index contributed by atoms with van der Waals surface area (Å²) in [5.74, 6) is 2.32. The number of amides is 1. The highest BCUT2D eigenvalue weighted by Gasteiger charge is 2.28. The van der Waals surface area contributed by atoms with Gasteiger partial charge in [-0.25, -0.2) is 4.98 Å². The number of nitrogens with one attached hydrogen (secondary N) is 1. The summed E-state index contributed by atoms with van der Waals surface area (Å²) in [6, 6.07) is 14.5. The van der Waals surface area contributed by atoms with Crippen LogP contribution in [0.1, 0.15) is 42.1 Å². The Morgan fingerprint density at radius 1 is 1.10 bits per heavy atom. The largest absolute Gasteiger partial charge is 0.494 e. The summed E-state index contributed by atoms with van der Waals surface area (Å²) >= 11 is 0. The third-order valence-electron chi connectivity index (χ3n) is 4.51. The Labute approximate surface area is 168 Å². The van der Waals surface area contributed by atoms with Gasteiger partial charge >= 0.3 is 0 Å². The van der Waals surface area contributed by atoms with E-state index >= 15 is 0 Å². The molecule has 1 aromatic heterocycles. The number of ether oxygens (including phenoxy) is 3. The molecule has 1 unspecified atom stereocenters. The molecule has 1 atom stereocenters. The van der Waals surface area contributed by atoms with Gasteiger partial charge < -0.3 is 23.9 Å². The molecule has 0 radical (unpaired) electrons. The summed E-state index contributed by atoms with van der Waals surface area (Å²) < 4.78 is 22.2. The summed E-state index contributed by atoms with van der Waals surface area (Å²) in [5.41, 5.74) is 0.891. The van der Waals surface area contributed by atoms with E-state index in [1.807, 2.05) is 31.2 Å². The van der Waals surface area contributed by atoms with E-state index in [4.69, 9.17) is 18.6 Å². The molecule has 1 aliphatic heterocycles. The van der Waals surface area contributed by atoms with Crippen molar-refractivity contribution in [3.63, 3.8) is 0 Å². The van der Waals surface area contributed by atoms with Crippen molar-refractivity contribution in [1.29, 1.82) is 0 Å². The number of benzene rings is 2. The van der Waals surface area contributed by atoms with Crippen LogP contribution in [0.25, 0.3) is 0 Å². The summed E-state index contributed by atoms with van der Waals surface area (Å²) in [7, 11) is 0. The highest BCUT2D eigenvalue weighted by molar-refractivity contribution is 6.03. The number of carbonyl (C=O) groups is 1. The van der Waals surface area contributed by atoms with Gasteiger partial charge in [0.15, 0.2) is 17.8 Å². The monoisotopic (exact) mass is 394 g/mol. The Kier molecular flexibility index (Phi) is 5.76. The summed E-state index contributed by atoms with van der Waals surface area (Å²) in [6.07, 6.45) is 2.85. The van der Waals surface area contributed by atoms with Crippen LogP contribution < -0.4 is 14.8 Å². The lowest BCUT2D eigenvalue weighted by atomic mass is 10.1. The maximum Gasteiger partial charge on any atom is 0.278 e. The Hall–Kier alpha value is -3.32. The number of anilines is 1. The van der Waals surface area contributed by atoms with E-state index in [2.05, 4.69) is 10.3 Å². The van der Waals surface area contributed by atoms with E-state index in [0.29, 0.717) is 36.2 Å². The van der Waals surface area contributed by atoms with Gasteiger partial charge in [-0.1, -0.05) is 0 Å². The number of hydrogen-bond acceptors (Lipinski definition) is 6. The van der Waals surface area contributed by atoms with Crippen molar-refractivity contribution in [3.05, 3.63) is 66.4 Å². The molecule has 1 N–H and O–H groups in total. The third kappa shape index (κ3) is 4.57. The van der Waals surface area contributed by atoms with E-state index in [9.17, 15) is 4.79 Å². The van der Waals surface area contributed by atoms with Crippen LogP contribution in [0.4, 0.5) is 5.69 Å². The Morgan fingerprint density at radius 3 is 2.45 bits per heavy atom. The van der Waals surface area contributed by atoms with Crippen LogP contribution >= 0.6 is 0 Å². The van der Waals surface area contributed by atoms with Crippen LogP contribution in [0.2, 0.25) is 0 Å². The molecular formula is C22H22N2O5. The minimum Gasteiger partial charge on any atom is -0.494 e. The molecule has 150 valence electrons. The molecule has 1 aliphatic rings. The van der Waals surface area contributed by atoms with Crippen molar-refractivity contribution in [2.75, 3.05) is 18.5 Å². The molecule has 2 aromatic carbocycles. The van der Waals surface area contributed by atoms with Crippen LogP contribution in [-0.2, 0) is 4.74 Å². The zero-order valence-corrected chi connectivity index (χ0v) is 16.1. The van der Waals surface area contributed by atoms with E-state index in [1.165, 1.54) is 6.39 Å². The first-order chi connectivity index (χ1) is 14.2. The molecule has 3 aromatic rings. The van der Waals surface area contributed by atoms with E-state index in [0.717, 1.165) is 18.6 Å². The number of rotatable bonds is 7. The Morgan fingerprint density at radius 2 is 1.79 bits per heavy atom. The summed E-state index contributed by atoms with van der Waals surface area (Å²) in [6.45, 7) is 3.23. The maximum atomic E-state index is 12.6. The van der Waals surface area contributed by atoms with Gasteiger partial charge in [-0.3, -0.25) is 4.79 Å². The minimum absolute atomic E-state index is 0.205. The average molecular weight is 394 g/mol. The SMILES string of the molecule is CCOc1ccc(Oc2ccc(NC(=O)c3ncoc3C3CCCO3)cc2)cc1. The van der Waals surface area contributed by atoms with Crippen molar-refractivity contribution in [2.24, 2.45) is 0 Å². The van der Waals surface area contributed by atoms with Gasteiger partial charge in [0, 0.05) is 12.3 Å². The third-order valence-corrected chi connectivity index (χ3v) is 4.51. The first-order valence-electron chi connectivity index (χ1n) is 9.60. The topological polar surface area (TPSA) is 82.8 Å². The highest BCUT2D eigenvalue weighted by atomic mass is 16.5. The smallest absolute Gasteiger partial charge is 0.278 e. The molecule has 0 bridgehead atoms. The molecule has 0 saturated carbocycles. The van der Waals surface area contributed by atoms with Crippen LogP contribution in [0.3, 0.4) is 0 Å². The Balaban J connectivity index is 1.38. The maximum absolute atomic E-state index is 12.6. The second-order valence-corrected chi connectivity index (χ2v) is 6.55. The Bertz CT molecular complexity index is 944. The lowest BCUT2D eigenvalue weighted by Gasteiger charge is -2.10. The van der Waals surface area contributed by atoms with Crippen molar-refractivity contribution in [1.82, 2.24) is 4.98 Å². The number of aromatic nitrogens is 1. The van der Waals surface area contributed by atoms with Crippen molar-refractivity contribution in [3.8, 4) is 17.2 Å². The number of carbonyl (C=O) groups excluding carboxylic acids is 1. The molecule has 1 fully saturated rings. The average Bonchev–Trinajstić information content (AvgIpc) is 3.43. The molecule has 4 rings (SSSR count). The molecule has 0 spiro atoms. The van der Waals surface area contributed by atoms with Gasteiger partial charge in [-0.15, -0.1) is 0 Å². The molecule has 7 heteroatoms. The highest BCUT2D eigenvalue weighted by Crippen LogP contribution is 2.31. The molecule has 29 heavy (non-hydrogen) atoms. The fourth-order valence-corrected chi connectivity index (χ4v) is 3.14. The predicted octanol–water partition coefficient (Wildman–Crippen LogP) is 4.97. The van der Waals surface area contributed by atoms with Gasteiger partial charge in [-0.2, -0.15) is 0 Å². The van der Waals surface area contributed by atoms with Crippen LogP contribution in [-0.4, -0.2) is 24.1 Å². The second kappa shape index (κ2) is 8.79. The molecular weight excluding hydrogens is 372 g/mol. The molecule has 1 saturated heterocycles. The van der Waals surface area contributed by atoms with Gasteiger partial charge in [0.25, 0.3) is 5.91 Å². The van der Waals surface area contributed by atoms with Crippen molar-refractivity contribution >= 4 is 11.6 Å². The number of hydrogen-bond donors (Lipinski definition) is 1. The van der Waals surface area contributed by atoms with Gasteiger partial charge in [0.2, 0.25) is 0 Å². The van der Waals surface area contributed by atoms with Gasteiger partial charge in [0.1, 0.15) is 23.4 Å². The van der Waals surface area contributed by atoms with Crippen LogP contribution in [0.15, 0.2) is 59.3 Å². The lowest BCUT2D eigenvalue weighted by Crippen LogP contribution is -2.15. The van der Waals surface area contributed by atoms with E-state index in [-0.39, 0.29) is 17.7 Å². The van der Waals surface area contributed by atoms with E-state index in [1.54, 1.807) is 24.3 Å². The summed E-state index contributed by atoms with van der Waals surface area (Å²) in [4.78, 5) is 16.6. The predicted molar refractivity (Wildman–Crippen MR) is 107 cm³/mol. The zero-order valence-electron chi connectivity index (χ0n) is 16.1. The fraction of sp³-hybridized carbons (Fsp3) is 0.273. The van der Waals surface area contributed by atoms with Gasteiger partial charge in [-0.05, 0) is 68.3 Å². The molecule has 1 amide bonds. The summed E-state index contributed by atoms with van der Waals surface area (Å²) in [5, 5.41) is 2.83. The van der Waals surface area contributed by atoms with Crippen molar-refractivity contribution < 1.29 is 23.4 Å². The molecule has 2 heterocycles. The van der Waals surface area contributed by atoms with E-state index < -0.39 is 0 Å². The van der Waals surface area contributed by atoms with Crippen LogP contribution in [0.5, 0.6) is 17.2 Å². The zero-order chi connectivity index (χ0) is 20.1. The lowest BCUT2D eigenvalue weighted by molar-refractivity contribution is 0.0889. The van der Waals surface area contributed by atoms with Crippen LogP contribution in [0, 0.1) is 0 Å². The standard InChI is InChI=1S/C22H22N2O5/c1-2-26-16-9-11-18(12-10-16)29-17-7-5-15(6-8-17)24-22(25)20-21(28-14-23-20)19-4-3-13-27-19/h5-12,14,19H,2-4,13H2,1H3,(H,24,25). The van der Waals surface area contributed by atoms with Crippen molar-refractivity contribution in [2.45, 2.75) is 25.9 Å². The second-order valence-electron chi connectivity index (χ2n) is 6.55. The molecule has 7 nitrogen and oxygen atoms in total. The fourth-order valence-electron chi connectivity index (χ4n) is 3.14.